The van der Waals surface area contributed by atoms with Crippen molar-refractivity contribution in [2.24, 2.45) is 0 Å². The molecular formula is C24H22Cl2N2O2S. The molecule has 4 rings (SSSR count). The lowest BCUT2D eigenvalue weighted by atomic mass is 9.93. The van der Waals surface area contributed by atoms with Crippen molar-refractivity contribution >= 4 is 39.9 Å². The Balaban J connectivity index is 1.39. The van der Waals surface area contributed by atoms with Crippen LogP contribution in [0.1, 0.15) is 17.2 Å². The third-order valence-corrected chi connectivity index (χ3v) is 7.11. The molecule has 1 atom stereocenters. The molecule has 3 aromatic carbocycles. The van der Waals surface area contributed by atoms with Crippen LogP contribution in [-0.4, -0.2) is 39.9 Å². The number of rotatable bonds is 7. The van der Waals surface area contributed by atoms with Crippen LogP contribution in [0.5, 0.6) is 0 Å². The molecule has 1 fully saturated rings. The van der Waals surface area contributed by atoms with Crippen molar-refractivity contribution in [3.05, 3.63) is 100 Å². The second-order valence-electron chi connectivity index (χ2n) is 7.53. The van der Waals surface area contributed by atoms with Crippen LogP contribution in [0.25, 0.3) is 0 Å². The summed E-state index contributed by atoms with van der Waals surface area (Å²) in [6.45, 7) is 1.42. The van der Waals surface area contributed by atoms with Crippen molar-refractivity contribution in [3.8, 4) is 0 Å². The average Bonchev–Trinajstić information content (AvgIpc) is 2.75. The van der Waals surface area contributed by atoms with E-state index in [2.05, 4.69) is 10.2 Å². The predicted molar refractivity (Wildman–Crippen MR) is 126 cm³/mol. The summed E-state index contributed by atoms with van der Waals surface area (Å²) in [5, 5.41) is 4.39. The van der Waals surface area contributed by atoms with Crippen molar-refractivity contribution < 1.29 is 9.00 Å². The minimum atomic E-state index is -1.34. The third kappa shape index (κ3) is 5.55. The van der Waals surface area contributed by atoms with Crippen LogP contribution in [0.15, 0.2) is 83.8 Å². The van der Waals surface area contributed by atoms with Crippen molar-refractivity contribution in [1.29, 1.82) is 0 Å². The molecule has 31 heavy (non-hydrogen) atoms. The van der Waals surface area contributed by atoms with E-state index in [1.807, 2.05) is 66.7 Å². The van der Waals surface area contributed by atoms with Crippen molar-refractivity contribution in [1.82, 2.24) is 10.2 Å². The van der Waals surface area contributed by atoms with Gasteiger partial charge < -0.3 is 5.32 Å². The third-order valence-electron chi connectivity index (χ3n) is 5.28. The first kappa shape index (κ1) is 22.0. The fraction of sp³-hybridized carbons (Fsp3) is 0.208. The normalized spacial score (nSPS) is 15.5. The van der Waals surface area contributed by atoms with Crippen molar-refractivity contribution in [2.45, 2.75) is 17.0 Å². The summed E-state index contributed by atoms with van der Waals surface area (Å²) in [7, 11) is -1.34. The van der Waals surface area contributed by atoms with Crippen molar-refractivity contribution in [2.75, 3.05) is 18.8 Å². The number of carbonyl (C=O) groups excluding carboxylic acids is 1. The first-order valence-corrected chi connectivity index (χ1v) is 12.0. The van der Waals surface area contributed by atoms with Gasteiger partial charge in [-0.3, -0.25) is 13.9 Å². The molecule has 1 amide bonds. The van der Waals surface area contributed by atoms with Gasteiger partial charge in [0.2, 0.25) is 5.91 Å². The largest absolute Gasteiger partial charge is 0.350 e. The molecule has 1 saturated heterocycles. The maximum atomic E-state index is 12.4. The van der Waals surface area contributed by atoms with Crippen molar-refractivity contribution in [3.63, 3.8) is 0 Å². The van der Waals surface area contributed by atoms with Crippen LogP contribution < -0.4 is 5.32 Å². The van der Waals surface area contributed by atoms with Gasteiger partial charge in [-0.1, -0.05) is 65.7 Å². The standard InChI is InChI=1S/C24H22Cl2N2O2S/c25-19-10-6-17(7-11-19)24(18-8-12-20(26)13-9-18)28-14-21(15-28)27-23(29)16-31(30)22-4-2-1-3-5-22/h1-13,21,24H,14-16H2,(H,27,29). The van der Waals surface area contributed by atoms with Gasteiger partial charge in [-0.25, -0.2) is 0 Å². The summed E-state index contributed by atoms with van der Waals surface area (Å²) in [5.74, 6) is -0.223. The molecule has 0 saturated carbocycles. The topological polar surface area (TPSA) is 49.4 Å². The quantitative estimate of drug-likeness (QED) is 0.542. The Labute approximate surface area is 194 Å². The Hall–Kier alpha value is -2.18. The Morgan fingerprint density at radius 2 is 1.42 bits per heavy atom. The van der Waals surface area contributed by atoms with Crippen LogP contribution in [0.2, 0.25) is 10.0 Å². The van der Waals surface area contributed by atoms with Gasteiger partial charge in [-0.15, -0.1) is 0 Å². The van der Waals surface area contributed by atoms with Gasteiger partial charge in [-0.05, 0) is 47.5 Å². The number of nitrogens with one attached hydrogen (secondary N) is 1. The van der Waals surface area contributed by atoms with Crippen LogP contribution in [-0.2, 0) is 15.6 Å². The molecular weight excluding hydrogens is 451 g/mol. The van der Waals surface area contributed by atoms with E-state index in [4.69, 9.17) is 23.2 Å². The number of halogens is 2. The number of hydrogen-bond acceptors (Lipinski definition) is 3. The van der Waals surface area contributed by atoms with Crippen LogP contribution in [0.3, 0.4) is 0 Å². The highest BCUT2D eigenvalue weighted by Crippen LogP contribution is 2.33. The minimum Gasteiger partial charge on any atom is -0.350 e. The molecule has 0 radical (unpaired) electrons. The molecule has 3 aromatic rings. The molecule has 1 heterocycles. The summed E-state index contributed by atoms with van der Waals surface area (Å²) in [6.07, 6.45) is 0. The van der Waals surface area contributed by atoms with Gasteiger partial charge in [0.05, 0.1) is 22.9 Å². The SMILES string of the molecule is O=C(CS(=O)c1ccccc1)NC1CN(C(c2ccc(Cl)cc2)c2ccc(Cl)cc2)C1. The maximum Gasteiger partial charge on any atom is 0.233 e. The molecule has 0 bridgehead atoms. The lowest BCUT2D eigenvalue weighted by Gasteiger charge is -2.45. The smallest absolute Gasteiger partial charge is 0.233 e. The zero-order chi connectivity index (χ0) is 21.8. The van der Waals surface area contributed by atoms with Gasteiger partial charge in [0.25, 0.3) is 0 Å². The first-order valence-electron chi connectivity index (χ1n) is 9.97. The summed E-state index contributed by atoms with van der Waals surface area (Å²) in [5.41, 5.74) is 2.25. The molecule has 1 aliphatic rings. The van der Waals surface area contributed by atoms with E-state index in [0.29, 0.717) is 28.0 Å². The van der Waals surface area contributed by atoms with Gasteiger partial charge in [0.15, 0.2) is 0 Å². The fourth-order valence-electron chi connectivity index (χ4n) is 3.76. The number of hydrogen-bond donors (Lipinski definition) is 1. The second kappa shape index (κ2) is 9.96. The molecule has 0 aliphatic carbocycles. The van der Waals surface area contributed by atoms with Crippen LogP contribution in [0, 0.1) is 0 Å². The number of carbonyl (C=O) groups is 1. The van der Waals surface area contributed by atoms with E-state index in [-0.39, 0.29) is 23.7 Å². The van der Waals surface area contributed by atoms with Gasteiger partial charge in [-0.2, -0.15) is 0 Å². The molecule has 4 nitrogen and oxygen atoms in total. The van der Waals surface area contributed by atoms with E-state index < -0.39 is 10.8 Å². The first-order chi connectivity index (χ1) is 15.0. The Kier molecular flexibility index (Phi) is 7.08. The molecule has 160 valence electrons. The predicted octanol–water partition coefficient (Wildman–Crippen LogP) is 4.69. The van der Waals surface area contributed by atoms with Crippen LogP contribution >= 0.6 is 23.2 Å². The molecule has 7 heteroatoms. The Morgan fingerprint density at radius 1 is 0.903 bits per heavy atom. The lowest BCUT2D eigenvalue weighted by Crippen LogP contribution is -2.60. The monoisotopic (exact) mass is 472 g/mol. The van der Waals surface area contributed by atoms with E-state index in [1.54, 1.807) is 12.1 Å². The summed E-state index contributed by atoms with van der Waals surface area (Å²) in [4.78, 5) is 15.3. The Bertz CT molecular complexity index is 1010. The molecule has 1 unspecified atom stereocenters. The second-order valence-corrected chi connectivity index (χ2v) is 9.85. The summed E-state index contributed by atoms with van der Waals surface area (Å²) in [6, 6.07) is 24.8. The highest BCUT2D eigenvalue weighted by molar-refractivity contribution is 7.85. The number of nitrogens with zero attached hydrogens (tertiary/aromatic N) is 1. The number of benzene rings is 3. The molecule has 1 N–H and O–H groups in total. The Morgan fingerprint density at radius 3 is 1.94 bits per heavy atom. The van der Waals surface area contributed by atoms with Crippen LogP contribution in [0.4, 0.5) is 0 Å². The highest BCUT2D eigenvalue weighted by Gasteiger charge is 2.35. The number of likely N-dealkylation sites (tertiary alicyclic amines) is 1. The van der Waals surface area contributed by atoms with E-state index in [9.17, 15) is 9.00 Å². The molecule has 0 spiro atoms. The minimum absolute atomic E-state index is 0.0295. The van der Waals surface area contributed by atoms with Gasteiger partial charge in [0.1, 0.15) is 5.75 Å². The summed E-state index contributed by atoms with van der Waals surface area (Å²) >= 11 is 12.1. The van der Waals surface area contributed by atoms with E-state index >= 15 is 0 Å². The lowest BCUT2D eigenvalue weighted by molar-refractivity contribution is -0.120. The van der Waals surface area contributed by atoms with Gasteiger partial charge in [0, 0.05) is 28.0 Å². The van der Waals surface area contributed by atoms with E-state index in [0.717, 1.165) is 11.1 Å². The maximum absolute atomic E-state index is 12.4. The highest BCUT2D eigenvalue weighted by atomic mass is 35.5. The van der Waals surface area contributed by atoms with E-state index in [1.165, 1.54) is 0 Å². The fourth-order valence-corrected chi connectivity index (χ4v) is 4.96. The van der Waals surface area contributed by atoms with Gasteiger partial charge >= 0.3 is 0 Å². The molecule has 0 aromatic heterocycles. The zero-order valence-electron chi connectivity index (χ0n) is 16.7. The number of amides is 1. The molecule has 1 aliphatic heterocycles. The average molecular weight is 473 g/mol. The zero-order valence-corrected chi connectivity index (χ0v) is 19.0. The summed E-state index contributed by atoms with van der Waals surface area (Å²) < 4.78 is 12.4.